The Morgan fingerprint density at radius 3 is 2.29 bits per heavy atom. The summed E-state index contributed by atoms with van der Waals surface area (Å²) in [6.07, 6.45) is 3.39. The van der Waals surface area contributed by atoms with Gasteiger partial charge in [-0.3, -0.25) is 4.79 Å². The van der Waals surface area contributed by atoms with Crippen molar-refractivity contribution in [2.24, 2.45) is 0 Å². The molecule has 1 amide bonds. The largest absolute Gasteiger partial charge is 0.440 e. The number of amides is 1. The number of aromatic nitrogens is 1. The van der Waals surface area contributed by atoms with Gasteiger partial charge in [-0.25, -0.2) is 9.19 Å². The number of nitrogens with zero attached hydrogens (tertiary/aromatic N) is 1. The molecule has 0 saturated heterocycles. The minimum atomic E-state index is -1.95. The van der Waals surface area contributed by atoms with Gasteiger partial charge in [0.25, 0.3) is 0 Å². The van der Waals surface area contributed by atoms with Crippen LogP contribution in [0.4, 0.5) is 5.69 Å². The first-order chi connectivity index (χ1) is 18.2. The van der Waals surface area contributed by atoms with Gasteiger partial charge in [0.15, 0.2) is 16.8 Å². The zero-order valence-corrected chi connectivity index (χ0v) is 23.3. The molecule has 1 aliphatic carbocycles. The summed E-state index contributed by atoms with van der Waals surface area (Å²) in [7, 11) is 0. The molecule has 6 nitrogen and oxygen atoms in total. The van der Waals surface area contributed by atoms with Crippen LogP contribution in [-0.4, -0.2) is 19.7 Å². The molecule has 2 N–H and O–H groups in total. The number of benzene rings is 3. The van der Waals surface area contributed by atoms with Gasteiger partial charge in [-0.1, -0.05) is 59.1 Å². The molecule has 196 valence electrons. The topological polar surface area (TPSA) is 92.4 Å². The zero-order valence-electron chi connectivity index (χ0n) is 20.2. The Kier molecular flexibility index (Phi) is 7.67. The van der Waals surface area contributed by atoms with Gasteiger partial charge in [0.1, 0.15) is 0 Å². The van der Waals surface area contributed by atoms with Crippen molar-refractivity contribution in [2.45, 2.75) is 36.9 Å². The van der Waals surface area contributed by atoms with Crippen molar-refractivity contribution in [3.05, 3.63) is 105 Å². The van der Waals surface area contributed by atoms with Gasteiger partial charge in [-0.05, 0) is 67.3 Å². The summed E-state index contributed by atoms with van der Waals surface area (Å²) in [4.78, 5) is 17.2. The average molecular weight is 590 g/mol. The van der Waals surface area contributed by atoms with Gasteiger partial charge in [-0.15, -0.1) is 0 Å². The van der Waals surface area contributed by atoms with E-state index in [1.165, 1.54) is 0 Å². The SMILES string of the molecule is CC(c1ccc(CC(=O)Nc2cc(Cl)c(C3(c4ncc(-c5ccc(Cl)cc5)o4)CC3)c(Cl)c2)cc1)S(=O)O. The van der Waals surface area contributed by atoms with Gasteiger partial charge in [0, 0.05) is 31.9 Å². The van der Waals surface area contributed by atoms with Crippen LogP contribution in [0.3, 0.4) is 0 Å². The highest BCUT2D eigenvalue weighted by Gasteiger charge is 2.52. The molecule has 4 aromatic rings. The number of halogens is 3. The smallest absolute Gasteiger partial charge is 0.228 e. The summed E-state index contributed by atoms with van der Waals surface area (Å²) in [5.41, 5.74) is 3.07. The van der Waals surface area contributed by atoms with Crippen LogP contribution >= 0.6 is 34.8 Å². The van der Waals surface area contributed by atoms with Crippen LogP contribution in [0.15, 0.2) is 71.3 Å². The van der Waals surface area contributed by atoms with E-state index in [1.807, 2.05) is 12.1 Å². The second-order valence-electron chi connectivity index (χ2n) is 9.32. The molecule has 1 aliphatic rings. The van der Waals surface area contributed by atoms with E-state index in [0.29, 0.717) is 32.4 Å². The van der Waals surface area contributed by atoms with Crippen LogP contribution in [-0.2, 0) is 27.7 Å². The van der Waals surface area contributed by atoms with Gasteiger partial charge < -0.3 is 14.3 Å². The summed E-state index contributed by atoms with van der Waals surface area (Å²) in [5.74, 6) is 0.940. The molecule has 2 atom stereocenters. The van der Waals surface area contributed by atoms with E-state index in [-0.39, 0.29) is 12.3 Å². The molecule has 0 bridgehead atoms. The second kappa shape index (κ2) is 10.8. The summed E-state index contributed by atoms with van der Waals surface area (Å²) < 4.78 is 26.7. The third-order valence-corrected chi connectivity index (χ3v) is 8.44. The summed E-state index contributed by atoms with van der Waals surface area (Å²) in [5, 5.41) is 3.83. The molecular weight excluding hydrogens is 567 g/mol. The van der Waals surface area contributed by atoms with E-state index >= 15 is 0 Å². The van der Waals surface area contributed by atoms with Crippen molar-refractivity contribution < 1.29 is 18.0 Å². The van der Waals surface area contributed by atoms with Crippen molar-refractivity contribution >= 4 is 57.5 Å². The Balaban J connectivity index is 1.31. The predicted molar refractivity (Wildman–Crippen MR) is 151 cm³/mol. The van der Waals surface area contributed by atoms with Crippen molar-refractivity contribution in [1.82, 2.24) is 4.98 Å². The molecule has 3 aromatic carbocycles. The molecular formula is C28H23Cl3N2O4S. The number of nitrogens with one attached hydrogen (secondary N) is 1. The summed E-state index contributed by atoms with van der Waals surface area (Å²) in [6.45, 7) is 1.67. The molecule has 0 spiro atoms. The van der Waals surface area contributed by atoms with E-state index in [0.717, 1.165) is 35.1 Å². The Morgan fingerprint density at radius 1 is 1.08 bits per heavy atom. The van der Waals surface area contributed by atoms with Crippen LogP contribution in [0.25, 0.3) is 11.3 Å². The standard InChI is InChI=1S/C28H23Cl3N2O4S/c1-16(38(35)36)18-4-2-17(3-5-18)12-25(34)33-21-13-22(30)26(23(31)14-21)28(10-11-28)27-32-15-24(37-27)19-6-8-20(29)9-7-19/h2-9,13-16H,10-12H2,1H3,(H,33,34)(H,35,36). The van der Waals surface area contributed by atoms with Crippen LogP contribution in [0.5, 0.6) is 0 Å². The van der Waals surface area contributed by atoms with Crippen molar-refractivity contribution in [2.75, 3.05) is 5.32 Å². The first-order valence-electron chi connectivity index (χ1n) is 11.9. The molecule has 10 heteroatoms. The molecule has 1 aromatic heterocycles. The molecule has 0 radical (unpaired) electrons. The maximum Gasteiger partial charge on any atom is 0.228 e. The van der Waals surface area contributed by atoms with Gasteiger partial charge >= 0.3 is 0 Å². The lowest BCUT2D eigenvalue weighted by molar-refractivity contribution is -0.115. The predicted octanol–water partition coefficient (Wildman–Crippen LogP) is 7.85. The fraction of sp³-hybridized carbons (Fsp3) is 0.214. The normalized spacial score (nSPS) is 15.6. The number of carbonyl (C=O) groups excluding carboxylic acids is 1. The molecule has 0 aliphatic heterocycles. The van der Waals surface area contributed by atoms with Crippen LogP contribution in [0.2, 0.25) is 15.1 Å². The number of anilines is 1. The summed E-state index contributed by atoms with van der Waals surface area (Å²) >= 11 is 17.4. The fourth-order valence-electron chi connectivity index (χ4n) is 4.45. The van der Waals surface area contributed by atoms with E-state index in [2.05, 4.69) is 10.3 Å². The van der Waals surface area contributed by atoms with Gasteiger partial charge in [0.2, 0.25) is 11.8 Å². The molecule has 38 heavy (non-hydrogen) atoms. The summed E-state index contributed by atoms with van der Waals surface area (Å²) in [6, 6.07) is 17.7. The lowest BCUT2D eigenvalue weighted by atomic mass is 9.95. The highest BCUT2D eigenvalue weighted by atomic mass is 35.5. The minimum absolute atomic E-state index is 0.127. The van der Waals surface area contributed by atoms with E-state index in [9.17, 15) is 13.6 Å². The highest BCUT2D eigenvalue weighted by Crippen LogP contribution is 2.57. The highest BCUT2D eigenvalue weighted by molar-refractivity contribution is 7.79. The second-order valence-corrected chi connectivity index (χ2v) is 11.8. The third kappa shape index (κ3) is 5.53. The Bertz CT molecular complexity index is 1490. The first kappa shape index (κ1) is 26.9. The number of hydrogen-bond donors (Lipinski definition) is 2. The average Bonchev–Trinajstić information content (AvgIpc) is 3.50. The van der Waals surface area contributed by atoms with Gasteiger partial charge in [0.05, 0.1) is 23.3 Å². The Labute approximate surface area is 237 Å². The van der Waals surface area contributed by atoms with Gasteiger partial charge in [-0.2, -0.15) is 0 Å². The Morgan fingerprint density at radius 2 is 1.71 bits per heavy atom. The van der Waals surface area contributed by atoms with E-state index in [4.69, 9.17) is 39.2 Å². The lowest BCUT2D eigenvalue weighted by Crippen LogP contribution is -2.16. The van der Waals surface area contributed by atoms with E-state index < -0.39 is 21.7 Å². The van der Waals surface area contributed by atoms with Crippen molar-refractivity contribution in [3.63, 3.8) is 0 Å². The number of rotatable bonds is 8. The first-order valence-corrected chi connectivity index (χ1v) is 14.2. The minimum Gasteiger partial charge on any atom is -0.440 e. The van der Waals surface area contributed by atoms with Crippen molar-refractivity contribution in [1.29, 1.82) is 0 Å². The zero-order chi connectivity index (χ0) is 27.0. The van der Waals surface area contributed by atoms with Crippen molar-refractivity contribution in [3.8, 4) is 11.3 Å². The quantitative estimate of drug-likeness (QED) is 0.204. The molecule has 2 unspecified atom stereocenters. The van der Waals surface area contributed by atoms with Crippen LogP contribution in [0.1, 0.15) is 47.6 Å². The number of oxazole rings is 1. The van der Waals surface area contributed by atoms with E-state index in [1.54, 1.807) is 61.7 Å². The number of carbonyl (C=O) groups is 1. The number of hydrogen-bond acceptors (Lipinski definition) is 4. The van der Waals surface area contributed by atoms with Crippen LogP contribution < -0.4 is 5.32 Å². The maximum absolute atomic E-state index is 12.7. The fourth-order valence-corrected chi connectivity index (χ4v) is 5.82. The molecule has 1 saturated carbocycles. The molecule has 1 fully saturated rings. The maximum atomic E-state index is 12.7. The molecule has 5 rings (SSSR count). The third-order valence-electron chi connectivity index (χ3n) is 6.71. The Hall–Kier alpha value is -2.68. The lowest BCUT2D eigenvalue weighted by Gasteiger charge is -2.17. The molecule has 1 heterocycles. The monoisotopic (exact) mass is 588 g/mol. The van der Waals surface area contributed by atoms with Crippen LogP contribution in [0, 0.1) is 0 Å².